The molecule has 0 fully saturated rings. The Morgan fingerprint density at radius 3 is 1.56 bits per heavy atom. The van der Waals surface area contributed by atoms with Crippen molar-refractivity contribution >= 4 is 43.1 Å². The van der Waals surface area contributed by atoms with Gasteiger partial charge < -0.3 is 0 Å². The average Bonchev–Trinajstić information content (AvgIpc) is 3.23. The molecule has 0 unspecified atom stereocenters. The van der Waals surface area contributed by atoms with Gasteiger partial charge in [-0.3, -0.25) is 0 Å². The van der Waals surface area contributed by atoms with E-state index >= 15 is 0 Å². The Kier molecular flexibility index (Phi) is 7.14. The highest BCUT2D eigenvalue weighted by Gasteiger charge is 2.20. The molecule has 1 aromatic heterocycles. The van der Waals surface area contributed by atoms with E-state index in [1.54, 1.807) is 0 Å². The fourth-order valence-corrected chi connectivity index (χ4v) is 7.63. The van der Waals surface area contributed by atoms with Gasteiger partial charge in [0, 0.05) is 16.7 Å². The van der Waals surface area contributed by atoms with Gasteiger partial charge in [-0.1, -0.05) is 176 Å². The van der Waals surface area contributed by atoms with E-state index in [4.69, 9.17) is 15.0 Å². The van der Waals surface area contributed by atoms with Crippen molar-refractivity contribution in [1.29, 1.82) is 0 Å². The molecule has 52 heavy (non-hydrogen) atoms. The fourth-order valence-electron chi connectivity index (χ4n) is 7.63. The lowest BCUT2D eigenvalue weighted by atomic mass is 9.88. The van der Waals surface area contributed by atoms with Crippen molar-refractivity contribution in [3.8, 4) is 56.4 Å². The monoisotopic (exact) mass is 661 g/mol. The van der Waals surface area contributed by atoms with Gasteiger partial charge >= 0.3 is 0 Å². The van der Waals surface area contributed by atoms with Crippen molar-refractivity contribution in [1.82, 2.24) is 15.0 Å². The number of benzene rings is 9. The maximum atomic E-state index is 5.32. The summed E-state index contributed by atoms with van der Waals surface area (Å²) in [5.41, 5.74) is 7.30. The highest BCUT2D eigenvalue weighted by molar-refractivity contribution is 6.21. The van der Waals surface area contributed by atoms with Crippen molar-refractivity contribution in [2.45, 2.75) is 0 Å². The van der Waals surface area contributed by atoms with Crippen molar-refractivity contribution in [3.05, 3.63) is 188 Å². The summed E-state index contributed by atoms with van der Waals surface area (Å²) in [4.78, 5) is 15.8. The van der Waals surface area contributed by atoms with Crippen LogP contribution in [0.1, 0.15) is 0 Å². The Bertz CT molecular complexity index is 2970. The zero-order valence-corrected chi connectivity index (χ0v) is 28.2. The van der Waals surface area contributed by atoms with E-state index in [1.165, 1.54) is 43.3 Å². The van der Waals surface area contributed by atoms with Crippen molar-refractivity contribution in [3.63, 3.8) is 0 Å². The van der Waals surface area contributed by atoms with E-state index in [1.807, 2.05) is 6.07 Å². The summed E-state index contributed by atoms with van der Waals surface area (Å²) in [7, 11) is 0. The van der Waals surface area contributed by atoms with E-state index in [0.29, 0.717) is 17.5 Å². The van der Waals surface area contributed by atoms with E-state index in [0.717, 1.165) is 38.8 Å². The van der Waals surface area contributed by atoms with Crippen LogP contribution in [-0.4, -0.2) is 15.0 Å². The number of hydrogen-bond donors (Lipinski definition) is 0. The van der Waals surface area contributed by atoms with Gasteiger partial charge in [0.05, 0.1) is 0 Å². The molecule has 10 rings (SSSR count). The predicted molar refractivity (Wildman–Crippen MR) is 217 cm³/mol. The van der Waals surface area contributed by atoms with Crippen LogP contribution in [0.3, 0.4) is 0 Å². The lowest BCUT2D eigenvalue weighted by molar-refractivity contribution is 1.08. The van der Waals surface area contributed by atoms with Crippen molar-refractivity contribution in [2.75, 3.05) is 0 Å². The molecule has 242 valence electrons. The second-order valence-electron chi connectivity index (χ2n) is 13.2. The summed E-state index contributed by atoms with van der Waals surface area (Å²) in [6.07, 6.45) is 0. The Morgan fingerprint density at radius 1 is 0.250 bits per heavy atom. The maximum Gasteiger partial charge on any atom is 0.164 e. The van der Waals surface area contributed by atoms with Crippen LogP contribution in [0.2, 0.25) is 0 Å². The second-order valence-corrected chi connectivity index (χ2v) is 13.2. The van der Waals surface area contributed by atoms with Crippen LogP contribution in [0.15, 0.2) is 188 Å². The van der Waals surface area contributed by atoms with E-state index in [9.17, 15) is 0 Å². The molecule has 0 saturated heterocycles. The van der Waals surface area contributed by atoms with Gasteiger partial charge in [-0.2, -0.15) is 0 Å². The Balaban J connectivity index is 1.26. The van der Waals surface area contributed by atoms with Crippen LogP contribution in [0.25, 0.3) is 99.5 Å². The highest BCUT2D eigenvalue weighted by Crippen LogP contribution is 2.43. The first-order valence-corrected chi connectivity index (χ1v) is 17.6. The maximum absolute atomic E-state index is 5.32. The molecule has 0 bridgehead atoms. The van der Waals surface area contributed by atoms with Gasteiger partial charge in [0.25, 0.3) is 0 Å². The molecule has 0 aliphatic rings. The van der Waals surface area contributed by atoms with E-state index < -0.39 is 0 Å². The summed E-state index contributed by atoms with van der Waals surface area (Å²) in [6.45, 7) is 0. The minimum absolute atomic E-state index is 0.633. The Labute approximate surface area is 301 Å². The predicted octanol–water partition coefficient (Wildman–Crippen LogP) is 12.8. The van der Waals surface area contributed by atoms with Crippen LogP contribution >= 0.6 is 0 Å². The zero-order chi connectivity index (χ0) is 34.4. The molecule has 0 atom stereocenters. The molecular weight excluding hydrogens is 631 g/mol. The summed E-state index contributed by atoms with van der Waals surface area (Å²) in [5, 5.41) is 9.60. The summed E-state index contributed by atoms with van der Waals surface area (Å²) in [6, 6.07) is 66.4. The Hall–Kier alpha value is -6.97. The fraction of sp³-hybridized carbons (Fsp3) is 0. The standard InChI is InChI=1S/C49H31N3/c1-2-15-33(16-3-1)38-20-10-12-24-43(38)48-50-47(37-27-26-32-14-4-5-18-35(32)30-37)51-49(52-48)44-25-13-11-23-41(44)46-40-22-9-7-19-36(40)31-45-39-21-8-6-17-34(39)28-29-42(45)46/h1-31H. The van der Waals surface area contributed by atoms with Crippen LogP contribution in [0, 0.1) is 0 Å². The molecule has 0 aliphatic heterocycles. The van der Waals surface area contributed by atoms with E-state index in [2.05, 4.69) is 182 Å². The van der Waals surface area contributed by atoms with Gasteiger partial charge in [0.1, 0.15) is 0 Å². The molecule has 9 aromatic carbocycles. The summed E-state index contributed by atoms with van der Waals surface area (Å²) in [5.74, 6) is 1.90. The van der Waals surface area contributed by atoms with Gasteiger partial charge in [-0.05, 0) is 77.5 Å². The topological polar surface area (TPSA) is 38.7 Å². The molecule has 0 spiro atoms. The third kappa shape index (κ3) is 5.10. The first-order chi connectivity index (χ1) is 25.8. The number of rotatable bonds is 5. The SMILES string of the molecule is c1ccc(-c2ccccc2-c2nc(-c3ccc4ccccc4c3)nc(-c3ccccc3-c3c4ccccc4cc4c3ccc3ccccc34)n2)cc1. The third-order valence-corrected chi connectivity index (χ3v) is 10.1. The molecule has 0 N–H and O–H groups in total. The lowest BCUT2D eigenvalue weighted by Gasteiger charge is -2.17. The third-order valence-electron chi connectivity index (χ3n) is 10.1. The zero-order valence-electron chi connectivity index (χ0n) is 28.2. The normalized spacial score (nSPS) is 11.5. The highest BCUT2D eigenvalue weighted by atomic mass is 15.0. The molecule has 0 saturated carbocycles. The van der Waals surface area contributed by atoms with Crippen molar-refractivity contribution in [2.24, 2.45) is 0 Å². The summed E-state index contributed by atoms with van der Waals surface area (Å²) < 4.78 is 0. The van der Waals surface area contributed by atoms with Gasteiger partial charge in [-0.15, -0.1) is 0 Å². The number of nitrogens with zero attached hydrogens (tertiary/aromatic N) is 3. The first kappa shape index (κ1) is 29.9. The molecule has 0 radical (unpaired) electrons. The molecule has 1 heterocycles. The van der Waals surface area contributed by atoms with Crippen LogP contribution < -0.4 is 0 Å². The smallest absolute Gasteiger partial charge is 0.164 e. The minimum atomic E-state index is 0.633. The first-order valence-electron chi connectivity index (χ1n) is 17.6. The largest absolute Gasteiger partial charge is 0.208 e. The molecule has 0 aliphatic carbocycles. The quantitative estimate of drug-likeness (QED) is 0.136. The molecule has 0 amide bonds. The molecular formula is C49H31N3. The number of aromatic nitrogens is 3. The van der Waals surface area contributed by atoms with Gasteiger partial charge in [-0.25, -0.2) is 15.0 Å². The Morgan fingerprint density at radius 2 is 0.788 bits per heavy atom. The molecule has 3 heteroatoms. The second kappa shape index (κ2) is 12.4. The number of fused-ring (bicyclic) bond motifs is 5. The van der Waals surface area contributed by atoms with Crippen LogP contribution in [0.4, 0.5) is 0 Å². The van der Waals surface area contributed by atoms with Gasteiger partial charge in [0.15, 0.2) is 17.5 Å². The van der Waals surface area contributed by atoms with Crippen LogP contribution in [0.5, 0.6) is 0 Å². The van der Waals surface area contributed by atoms with E-state index in [-0.39, 0.29) is 0 Å². The lowest BCUT2D eigenvalue weighted by Crippen LogP contribution is -2.02. The average molecular weight is 662 g/mol. The number of hydrogen-bond acceptors (Lipinski definition) is 3. The minimum Gasteiger partial charge on any atom is -0.208 e. The molecule has 10 aromatic rings. The molecule has 3 nitrogen and oxygen atoms in total. The van der Waals surface area contributed by atoms with Crippen LogP contribution in [-0.2, 0) is 0 Å². The van der Waals surface area contributed by atoms with Crippen molar-refractivity contribution < 1.29 is 0 Å². The van der Waals surface area contributed by atoms with Gasteiger partial charge in [0.2, 0.25) is 0 Å². The summed E-state index contributed by atoms with van der Waals surface area (Å²) >= 11 is 0.